The minimum Gasteiger partial charge on any atom is -0.369 e. The Hall–Kier alpha value is -1.14. The van der Waals surface area contributed by atoms with E-state index in [4.69, 9.17) is 4.74 Å². The van der Waals surface area contributed by atoms with Crippen LogP contribution in [-0.2, 0) is 14.3 Å². The van der Waals surface area contributed by atoms with Crippen molar-refractivity contribution >= 4 is 11.8 Å². The number of amides is 2. The predicted molar refractivity (Wildman–Crippen MR) is 79.9 cm³/mol. The lowest BCUT2D eigenvalue weighted by Gasteiger charge is -2.36. The van der Waals surface area contributed by atoms with Gasteiger partial charge in [0.1, 0.15) is 11.6 Å². The lowest BCUT2D eigenvalue weighted by atomic mass is 10.0. The number of ether oxygens (including phenoxy) is 1. The zero-order valence-corrected chi connectivity index (χ0v) is 13.4. The van der Waals surface area contributed by atoms with Gasteiger partial charge in [0.05, 0.1) is 0 Å². The Bertz CT molecular complexity index is 390. The summed E-state index contributed by atoms with van der Waals surface area (Å²) in [6, 6.07) is -0.309. The third kappa shape index (κ3) is 3.21. The first kappa shape index (κ1) is 16.2. The smallest absolute Gasteiger partial charge is 0.255 e. The maximum absolute atomic E-state index is 12.7. The molecule has 0 spiro atoms. The van der Waals surface area contributed by atoms with Gasteiger partial charge in [0, 0.05) is 39.8 Å². The van der Waals surface area contributed by atoms with Crippen molar-refractivity contribution in [1.29, 1.82) is 0 Å². The summed E-state index contributed by atoms with van der Waals surface area (Å²) in [5.74, 6) is 0.0374. The second kappa shape index (κ2) is 6.75. The quantitative estimate of drug-likeness (QED) is 0.806. The number of hydrogen-bond acceptors (Lipinski definition) is 4. The number of nitrogens with zero attached hydrogens (tertiary/aromatic N) is 2. The van der Waals surface area contributed by atoms with Crippen molar-refractivity contribution in [3.8, 4) is 0 Å². The van der Waals surface area contributed by atoms with Gasteiger partial charge in [-0.05, 0) is 26.2 Å². The van der Waals surface area contributed by atoms with E-state index in [0.29, 0.717) is 13.0 Å². The summed E-state index contributed by atoms with van der Waals surface area (Å²) >= 11 is 0. The molecule has 0 aromatic carbocycles. The van der Waals surface area contributed by atoms with Gasteiger partial charge in [0.25, 0.3) is 5.91 Å². The fourth-order valence-corrected chi connectivity index (χ4v) is 3.05. The molecule has 120 valence electrons. The summed E-state index contributed by atoms with van der Waals surface area (Å²) in [6.45, 7) is 7.51. The van der Waals surface area contributed by atoms with E-state index >= 15 is 0 Å². The number of rotatable bonds is 4. The molecule has 6 heteroatoms. The van der Waals surface area contributed by atoms with Crippen LogP contribution in [0.25, 0.3) is 0 Å². The van der Waals surface area contributed by atoms with Crippen molar-refractivity contribution in [3.05, 3.63) is 0 Å². The lowest BCUT2D eigenvalue weighted by Crippen LogP contribution is -2.56. The van der Waals surface area contributed by atoms with Crippen molar-refractivity contribution in [2.75, 3.05) is 39.8 Å². The van der Waals surface area contributed by atoms with Crippen LogP contribution in [0.2, 0.25) is 0 Å². The summed E-state index contributed by atoms with van der Waals surface area (Å²) in [7, 11) is 1.56. The molecule has 2 aliphatic rings. The zero-order valence-electron chi connectivity index (χ0n) is 13.4. The molecule has 2 rings (SSSR count). The molecule has 0 radical (unpaired) electrons. The largest absolute Gasteiger partial charge is 0.369 e. The van der Waals surface area contributed by atoms with Crippen LogP contribution in [-0.4, -0.2) is 73.1 Å². The van der Waals surface area contributed by atoms with Crippen LogP contribution in [0.5, 0.6) is 0 Å². The fourth-order valence-electron chi connectivity index (χ4n) is 3.05. The van der Waals surface area contributed by atoms with Crippen molar-refractivity contribution in [1.82, 2.24) is 15.1 Å². The van der Waals surface area contributed by atoms with Crippen molar-refractivity contribution in [2.45, 2.75) is 44.8 Å². The molecule has 6 nitrogen and oxygen atoms in total. The van der Waals surface area contributed by atoms with Crippen LogP contribution in [0, 0.1) is 0 Å². The molecule has 2 unspecified atom stereocenters. The van der Waals surface area contributed by atoms with Crippen LogP contribution in [0.1, 0.15) is 33.1 Å². The summed E-state index contributed by atoms with van der Waals surface area (Å²) in [5, 5.41) is 3.24. The number of carbonyl (C=O) groups is 2. The monoisotopic (exact) mass is 297 g/mol. The standard InChI is InChI=1S/C15H27N3O3/c1-4-15(2,21-3)14(20)18-9-5-6-12(18)13(19)17-10-7-16-8-11-17/h12,16H,4-11H2,1-3H3. The highest BCUT2D eigenvalue weighted by molar-refractivity contribution is 5.92. The Kier molecular flexibility index (Phi) is 5.22. The molecule has 2 atom stereocenters. The first-order valence-corrected chi connectivity index (χ1v) is 7.89. The molecule has 2 heterocycles. The van der Waals surface area contributed by atoms with Gasteiger partial charge in [-0.1, -0.05) is 6.92 Å². The van der Waals surface area contributed by atoms with Crippen molar-refractivity contribution < 1.29 is 14.3 Å². The van der Waals surface area contributed by atoms with Crippen LogP contribution >= 0.6 is 0 Å². The Balaban J connectivity index is 2.09. The molecule has 1 N–H and O–H groups in total. The second-order valence-corrected chi connectivity index (χ2v) is 6.02. The van der Waals surface area contributed by atoms with Gasteiger partial charge >= 0.3 is 0 Å². The van der Waals surface area contributed by atoms with Gasteiger partial charge in [0.2, 0.25) is 5.91 Å². The van der Waals surface area contributed by atoms with Crippen molar-refractivity contribution in [3.63, 3.8) is 0 Å². The molecule has 2 fully saturated rings. The fraction of sp³-hybridized carbons (Fsp3) is 0.867. The maximum atomic E-state index is 12.7. The van der Waals surface area contributed by atoms with Gasteiger partial charge in [-0.25, -0.2) is 0 Å². The highest BCUT2D eigenvalue weighted by atomic mass is 16.5. The predicted octanol–water partition coefficient (Wildman–Crippen LogP) is 0.224. The second-order valence-electron chi connectivity index (χ2n) is 6.02. The topological polar surface area (TPSA) is 61.9 Å². The average molecular weight is 297 g/mol. The van der Waals surface area contributed by atoms with E-state index in [0.717, 1.165) is 39.0 Å². The molecule has 0 bridgehead atoms. The third-order valence-corrected chi connectivity index (χ3v) is 4.80. The Morgan fingerprint density at radius 1 is 1.29 bits per heavy atom. The molecule has 2 amide bonds. The first-order valence-electron chi connectivity index (χ1n) is 7.89. The number of nitrogens with one attached hydrogen (secondary N) is 1. The number of piperazine rings is 1. The highest BCUT2D eigenvalue weighted by Gasteiger charge is 2.43. The summed E-state index contributed by atoms with van der Waals surface area (Å²) in [6.07, 6.45) is 2.25. The minimum absolute atomic E-state index is 0.0570. The number of carbonyl (C=O) groups excluding carboxylic acids is 2. The normalized spacial score (nSPS) is 25.8. The van der Waals surface area contributed by atoms with E-state index in [1.54, 1.807) is 18.9 Å². The molecule has 2 saturated heterocycles. The molecular formula is C15H27N3O3. The number of likely N-dealkylation sites (tertiary alicyclic amines) is 1. The molecule has 0 aliphatic carbocycles. The third-order valence-electron chi connectivity index (χ3n) is 4.80. The van der Waals surface area contributed by atoms with E-state index in [9.17, 15) is 9.59 Å². The molecule has 0 aromatic heterocycles. The molecule has 21 heavy (non-hydrogen) atoms. The molecule has 0 saturated carbocycles. The summed E-state index contributed by atoms with van der Waals surface area (Å²) < 4.78 is 5.41. The number of methoxy groups -OCH3 is 1. The Morgan fingerprint density at radius 3 is 2.52 bits per heavy atom. The van der Waals surface area contributed by atoms with E-state index in [-0.39, 0.29) is 17.9 Å². The van der Waals surface area contributed by atoms with Crippen LogP contribution in [0.4, 0.5) is 0 Å². The van der Waals surface area contributed by atoms with E-state index in [2.05, 4.69) is 5.32 Å². The lowest BCUT2D eigenvalue weighted by molar-refractivity contribution is -0.158. The zero-order chi connectivity index (χ0) is 15.5. The van der Waals surface area contributed by atoms with Gasteiger partial charge in [-0.15, -0.1) is 0 Å². The minimum atomic E-state index is -0.827. The SMILES string of the molecule is CCC(C)(OC)C(=O)N1CCCC1C(=O)N1CCNCC1. The summed E-state index contributed by atoms with van der Waals surface area (Å²) in [4.78, 5) is 29.0. The maximum Gasteiger partial charge on any atom is 0.255 e. The molecule has 2 aliphatic heterocycles. The summed E-state index contributed by atoms with van der Waals surface area (Å²) in [5.41, 5.74) is -0.827. The molecular weight excluding hydrogens is 270 g/mol. The van der Waals surface area contributed by atoms with Gasteiger partial charge in [-0.2, -0.15) is 0 Å². The van der Waals surface area contributed by atoms with Crippen LogP contribution in [0.15, 0.2) is 0 Å². The van der Waals surface area contributed by atoms with E-state index in [1.165, 1.54) is 0 Å². The average Bonchev–Trinajstić information content (AvgIpc) is 3.02. The van der Waals surface area contributed by atoms with Crippen molar-refractivity contribution in [2.24, 2.45) is 0 Å². The highest BCUT2D eigenvalue weighted by Crippen LogP contribution is 2.26. The van der Waals surface area contributed by atoms with Gasteiger partial charge < -0.3 is 19.9 Å². The van der Waals surface area contributed by atoms with E-state index < -0.39 is 5.60 Å². The Labute approximate surface area is 126 Å². The van der Waals surface area contributed by atoms with E-state index in [1.807, 2.05) is 11.8 Å². The first-order chi connectivity index (χ1) is 10.0. The van der Waals surface area contributed by atoms with Gasteiger partial charge in [-0.3, -0.25) is 9.59 Å². The van der Waals surface area contributed by atoms with Crippen LogP contribution in [0.3, 0.4) is 0 Å². The van der Waals surface area contributed by atoms with Gasteiger partial charge in [0.15, 0.2) is 0 Å². The van der Waals surface area contributed by atoms with Crippen LogP contribution < -0.4 is 5.32 Å². The number of hydrogen-bond donors (Lipinski definition) is 1. The molecule has 0 aromatic rings. The Morgan fingerprint density at radius 2 is 1.95 bits per heavy atom.